The number of carbonyl (C=O) groups excluding carboxylic acids is 2. The summed E-state index contributed by atoms with van der Waals surface area (Å²) in [5.74, 6) is -0.155. The van der Waals surface area contributed by atoms with Crippen molar-refractivity contribution in [2.24, 2.45) is 0 Å². The van der Waals surface area contributed by atoms with Gasteiger partial charge in [0.15, 0.2) is 11.2 Å². The number of hydrogen-bond donors (Lipinski definition) is 1. The molecule has 2 aromatic carbocycles. The van der Waals surface area contributed by atoms with Gasteiger partial charge >= 0.3 is 5.97 Å². The Balaban J connectivity index is 1.31. The van der Waals surface area contributed by atoms with E-state index in [9.17, 15) is 9.59 Å². The molecule has 2 aromatic heterocycles. The molecule has 39 heavy (non-hydrogen) atoms. The quantitative estimate of drug-likeness (QED) is 0.270. The van der Waals surface area contributed by atoms with E-state index < -0.39 is 18.0 Å². The predicted octanol–water partition coefficient (Wildman–Crippen LogP) is 5.71. The van der Waals surface area contributed by atoms with Gasteiger partial charge in [-0.15, -0.1) is 11.3 Å². The molecule has 0 saturated carbocycles. The Labute approximate surface area is 232 Å². The molecule has 202 valence electrons. The standard InChI is InChI=1S/C30H32N4O4S/c1-4-15-34-16-14-25-23(17-34)27(22-8-6-7-9-24(22)31-25)29(36)38-19(3)28(35)33-30-32-26(18-39-30)20-10-12-21(13-11-20)37-5-2/h6-13,18-19H,4-5,14-17H2,1-3H3,(H,32,33,35). The Morgan fingerprint density at radius 2 is 1.90 bits per heavy atom. The van der Waals surface area contributed by atoms with Crippen molar-refractivity contribution < 1.29 is 19.1 Å². The van der Waals surface area contributed by atoms with Crippen molar-refractivity contribution >= 4 is 39.2 Å². The van der Waals surface area contributed by atoms with Gasteiger partial charge in [0, 0.05) is 47.1 Å². The molecule has 1 amide bonds. The fourth-order valence-electron chi connectivity index (χ4n) is 4.82. The number of thiazole rings is 1. The van der Waals surface area contributed by atoms with E-state index >= 15 is 0 Å². The first kappa shape index (κ1) is 26.8. The lowest BCUT2D eigenvalue weighted by Gasteiger charge is -2.29. The van der Waals surface area contributed by atoms with Gasteiger partial charge < -0.3 is 9.47 Å². The molecular formula is C30H32N4O4S. The number of pyridine rings is 1. The summed E-state index contributed by atoms with van der Waals surface area (Å²) < 4.78 is 11.2. The second-order valence-electron chi connectivity index (χ2n) is 9.49. The van der Waals surface area contributed by atoms with E-state index in [1.165, 1.54) is 11.3 Å². The van der Waals surface area contributed by atoms with Crippen LogP contribution in [-0.4, -0.2) is 52.5 Å². The third-order valence-corrected chi connectivity index (χ3v) is 7.48. The fraction of sp³-hybridized carbons (Fsp3) is 0.333. The lowest BCUT2D eigenvalue weighted by atomic mass is 9.95. The monoisotopic (exact) mass is 544 g/mol. The smallest absolute Gasteiger partial charge is 0.339 e. The Morgan fingerprint density at radius 3 is 2.67 bits per heavy atom. The third kappa shape index (κ3) is 5.94. The minimum atomic E-state index is -1.01. The highest BCUT2D eigenvalue weighted by Gasteiger charge is 2.28. The van der Waals surface area contributed by atoms with Crippen molar-refractivity contribution in [1.82, 2.24) is 14.9 Å². The molecule has 1 aliphatic heterocycles. The number of carbonyl (C=O) groups is 2. The number of benzene rings is 2. The summed E-state index contributed by atoms with van der Waals surface area (Å²) in [5, 5.41) is 5.85. The van der Waals surface area contributed by atoms with Gasteiger partial charge in [-0.05, 0) is 57.1 Å². The number of anilines is 1. The van der Waals surface area contributed by atoms with Crippen molar-refractivity contribution in [2.45, 2.75) is 46.3 Å². The van der Waals surface area contributed by atoms with Crippen LogP contribution in [0.15, 0.2) is 53.9 Å². The van der Waals surface area contributed by atoms with Crippen molar-refractivity contribution in [3.63, 3.8) is 0 Å². The van der Waals surface area contributed by atoms with Crippen molar-refractivity contribution in [3.8, 4) is 17.0 Å². The summed E-state index contributed by atoms with van der Waals surface area (Å²) >= 11 is 1.32. The minimum Gasteiger partial charge on any atom is -0.494 e. The van der Waals surface area contributed by atoms with Crippen LogP contribution in [0.3, 0.4) is 0 Å². The lowest BCUT2D eigenvalue weighted by Crippen LogP contribution is -2.34. The Bertz CT molecular complexity index is 1480. The zero-order chi connectivity index (χ0) is 27.4. The molecule has 0 aliphatic carbocycles. The molecule has 4 aromatic rings. The summed E-state index contributed by atoms with van der Waals surface area (Å²) in [5.41, 5.74) is 4.74. The van der Waals surface area contributed by atoms with Crippen LogP contribution < -0.4 is 10.1 Å². The number of nitrogens with one attached hydrogen (secondary N) is 1. The molecule has 1 N–H and O–H groups in total. The van der Waals surface area contributed by atoms with E-state index in [4.69, 9.17) is 14.5 Å². The summed E-state index contributed by atoms with van der Waals surface area (Å²) in [7, 11) is 0. The number of para-hydroxylation sites is 1. The molecule has 0 radical (unpaired) electrons. The van der Waals surface area contributed by atoms with E-state index in [-0.39, 0.29) is 0 Å². The van der Waals surface area contributed by atoms with Crippen LogP contribution in [-0.2, 0) is 22.5 Å². The van der Waals surface area contributed by atoms with Gasteiger partial charge in [-0.2, -0.15) is 0 Å². The van der Waals surface area contributed by atoms with E-state index in [1.54, 1.807) is 6.92 Å². The maximum absolute atomic E-state index is 13.6. The number of amides is 1. The van der Waals surface area contributed by atoms with Crippen LogP contribution in [0.5, 0.6) is 5.75 Å². The first-order valence-corrected chi connectivity index (χ1v) is 14.2. The molecule has 0 spiro atoms. The molecule has 1 aliphatic rings. The minimum absolute atomic E-state index is 0.434. The van der Waals surface area contributed by atoms with E-state index in [2.05, 4.69) is 22.1 Å². The van der Waals surface area contributed by atoms with Crippen molar-refractivity contribution in [1.29, 1.82) is 0 Å². The van der Waals surface area contributed by atoms with E-state index in [0.717, 1.165) is 65.1 Å². The molecule has 3 heterocycles. The van der Waals surface area contributed by atoms with Gasteiger partial charge in [-0.1, -0.05) is 25.1 Å². The van der Waals surface area contributed by atoms with E-state index in [1.807, 2.05) is 60.8 Å². The third-order valence-electron chi connectivity index (χ3n) is 6.72. The maximum atomic E-state index is 13.6. The number of ether oxygens (including phenoxy) is 2. The topological polar surface area (TPSA) is 93.7 Å². The highest BCUT2D eigenvalue weighted by atomic mass is 32.1. The van der Waals surface area contributed by atoms with Gasteiger partial charge in [0.2, 0.25) is 0 Å². The van der Waals surface area contributed by atoms with Crippen LogP contribution in [0.1, 0.15) is 48.8 Å². The highest BCUT2D eigenvalue weighted by Crippen LogP contribution is 2.30. The SMILES string of the molecule is CCCN1CCc2nc3ccccc3c(C(=O)OC(C)C(=O)Nc3nc(-c4ccc(OCC)cc4)cs3)c2C1. The molecule has 1 atom stereocenters. The number of rotatable bonds is 9. The Kier molecular flexibility index (Phi) is 8.18. The first-order valence-electron chi connectivity index (χ1n) is 13.3. The predicted molar refractivity (Wildman–Crippen MR) is 153 cm³/mol. The van der Waals surface area contributed by atoms with Gasteiger partial charge in [-0.3, -0.25) is 20.0 Å². The van der Waals surface area contributed by atoms with Crippen LogP contribution >= 0.6 is 11.3 Å². The molecule has 0 bridgehead atoms. The summed E-state index contributed by atoms with van der Waals surface area (Å²) in [6.45, 7) is 8.76. The molecule has 1 unspecified atom stereocenters. The van der Waals surface area contributed by atoms with Gasteiger partial charge in [0.25, 0.3) is 5.91 Å². The second-order valence-corrected chi connectivity index (χ2v) is 10.3. The lowest BCUT2D eigenvalue weighted by molar-refractivity contribution is -0.123. The van der Waals surface area contributed by atoms with Crippen molar-refractivity contribution in [3.05, 3.63) is 70.7 Å². The average molecular weight is 545 g/mol. The highest BCUT2D eigenvalue weighted by molar-refractivity contribution is 7.14. The number of hydrogen-bond acceptors (Lipinski definition) is 8. The van der Waals surface area contributed by atoms with Gasteiger partial charge in [-0.25, -0.2) is 9.78 Å². The summed E-state index contributed by atoms with van der Waals surface area (Å²) in [6, 6.07) is 15.2. The Morgan fingerprint density at radius 1 is 1.10 bits per heavy atom. The number of aromatic nitrogens is 2. The molecule has 5 rings (SSSR count). The Hall–Kier alpha value is -3.82. The van der Waals surface area contributed by atoms with Crippen LogP contribution in [0.25, 0.3) is 22.2 Å². The second kappa shape index (κ2) is 11.9. The van der Waals surface area contributed by atoms with E-state index in [0.29, 0.717) is 23.8 Å². The molecule has 0 saturated heterocycles. The number of fused-ring (bicyclic) bond motifs is 2. The fourth-order valence-corrected chi connectivity index (χ4v) is 5.54. The molecule has 9 heteroatoms. The summed E-state index contributed by atoms with van der Waals surface area (Å²) in [4.78, 5) is 38.2. The molecular weight excluding hydrogens is 512 g/mol. The zero-order valence-electron chi connectivity index (χ0n) is 22.4. The van der Waals surface area contributed by atoms with Crippen LogP contribution in [0.2, 0.25) is 0 Å². The zero-order valence-corrected chi connectivity index (χ0v) is 23.2. The normalized spacial score (nSPS) is 14.0. The van der Waals surface area contributed by atoms with Gasteiger partial charge in [0.05, 0.1) is 23.4 Å². The van der Waals surface area contributed by atoms with Gasteiger partial charge in [0.1, 0.15) is 5.75 Å². The van der Waals surface area contributed by atoms with Crippen LogP contribution in [0, 0.1) is 0 Å². The molecule has 0 fully saturated rings. The largest absolute Gasteiger partial charge is 0.494 e. The number of esters is 1. The van der Waals surface area contributed by atoms with Crippen LogP contribution in [0.4, 0.5) is 5.13 Å². The summed E-state index contributed by atoms with van der Waals surface area (Å²) in [6.07, 6.45) is 0.801. The number of nitrogens with zero attached hydrogens (tertiary/aromatic N) is 3. The molecule has 8 nitrogen and oxygen atoms in total. The van der Waals surface area contributed by atoms with Crippen molar-refractivity contribution in [2.75, 3.05) is 25.0 Å². The average Bonchev–Trinajstić information content (AvgIpc) is 3.40. The first-order chi connectivity index (χ1) is 19.0. The maximum Gasteiger partial charge on any atom is 0.339 e.